The Morgan fingerprint density at radius 1 is 1.07 bits per heavy atom. The van der Waals surface area contributed by atoms with E-state index in [0.29, 0.717) is 22.6 Å². The number of nitrogens with zero attached hydrogens (tertiary/aromatic N) is 1. The maximum atomic E-state index is 12.5. The molecule has 3 rings (SSSR count). The zero-order valence-corrected chi connectivity index (χ0v) is 16.9. The van der Waals surface area contributed by atoms with Gasteiger partial charge >= 0.3 is 0 Å². The molecule has 0 atom stereocenters. The van der Waals surface area contributed by atoms with Crippen LogP contribution in [0.2, 0.25) is 0 Å². The Balaban J connectivity index is 1.62. The van der Waals surface area contributed by atoms with Crippen molar-refractivity contribution in [3.8, 4) is 0 Å². The van der Waals surface area contributed by atoms with E-state index < -0.39 is 0 Å². The summed E-state index contributed by atoms with van der Waals surface area (Å²) in [7, 11) is 0. The lowest BCUT2D eigenvalue weighted by molar-refractivity contribution is -0.119. The average molecular weight is 391 g/mol. The summed E-state index contributed by atoms with van der Waals surface area (Å²) in [6.45, 7) is 9.76. The van der Waals surface area contributed by atoms with Crippen LogP contribution in [0.5, 0.6) is 0 Å². The Labute approximate surface area is 170 Å². The number of amides is 3. The molecule has 1 aliphatic heterocycles. The van der Waals surface area contributed by atoms with E-state index >= 15 is 0 Å². The van der Waals surface area contributed by atoms with Gasteiger partial charge in [0.15, 0.2) is 0 Å². The molecule has 6 heteroatoms. The van der Waals surface area contributed by atoms with Crippen LogP contribution in [0, 0.1) is 12.8 Å². The quantitative estimate of drug-likeness (QED) is 0.780. The van der Waals surface area contributed by atoms with Crippen molar-refractivity contribution in [2.24, 2.45) is 5.92 Å². The van der Waals surface area contributed by atoms with E-state index in [1.165, 1.54) is 4.90 Å². The fourth-order valence-corrected chi connectivity index (χ4v) is 3.12. The van der Waals surface area contributed by atoms with Gasteiger partial charge in [0.1, 0.15) is 0 Å². The summed E-state index contributed by atoms with van der Waals surface area (Å²) in [4.78, 5) is 38.4. The predicted octanol–water partition coefficient (Wildman–Crippen LogP) is 4.04. The molecule has 29 heavy (non-hydrogen) atoms. The number of hydrogen-bond acceptors (Lipinski definition) is 3. The van der Waals surface area contributed by atoms with Gasteiger partial charge in [-0.2, -0.15) is 0 Å². The summed E-state index contributed by atoms with van der Waals surface area (Å²) in [6.07, 6.45) is 0.140. The molecular weight excluding hydrogens is 366 g/mol. The lowest BCUT2D eigenvalue weighted by Gasteiger charge is -2.17. The van der Waals surface area contributed by atoms with Crippen molar-refractivity contribution < 1.29 is 14.4 Å². The Kier molecular flexibility index (Phi) is 5.82. The monoisotopic (exact) mass is 391 g/mol. The van der Waals surface area contributed by atoms with Gasteiger partial charge < -0.3 is 15.5 Å². The second-order valence-corrected chi connectivity index (χ2v) is 7.42. The maximum Gasteiger partial charge on any atom is 0.258 e. The van der Waals surface area contributed by atoms with Gasteiger partial charge in [-0.3, -0.25) is 14.4 Å². The fraction of sp³-hybridized carbons (Fsp3) is 0.261. The zero-order chi connectivity index (χ0) is 21.1. The van der Waals surface area contributed by atoms with Crippen LogP contribution in [0.4, 0.5) is 11.4 Å². The van der Waals surface area contributed by atoms with Gasteiger partial charge in [0, 0.05) is 47.1 Å². The third-order valence-electron chi connectivity index (χ3n) is 4.91. The normalized spacial score (nSPS) is 12.9. The minimum absolute atomic E-state index is 0.0863. The molecule has 0 bridgehead atoms. The highest BCUT2D eigenvalue weighted by atomic mass is 16.2. The molecule has 0 fully saturated rings. The number of carbonyl (C=O) groups excluding carboxylic acids is 3. The van der Waals surface area contributed by atoms with Crippen LogP contribution in [0.25, 0.3) is 5.70 Å². The Bertz CT molecular complexity index is 960. The number of aryl methyl sites for hydroxylation is 1. The first kappa shape index (κ1) is 20.3. The molecule has 150 valence electrons. The Hall–Kier alpha value is -3.41. The summed E-state index contributed by atoms with van der Waals surface area (Å²) < 4.78 is 0. The molecule has 0 spiro atoms. The standard InChI is InChI=1S/C23H25N3O3/c1-14(2)22(28)24-17-10-9-15(3)20(13-17)25-21(27)11-12-26-16(4)18-7-5-6-8-19(18)23(26)29/h5-10,13-14H,4,11-12H2,1-3H3,(H,24,28)(H,25,27). The Morgan fingerprint density at radius 2 is 1.76 bits per heavy atom. The minimum atomic E-state index is -0.211. The molecule has 0 radical (unpaired) electrons. The van der Waals surface area contributed by atoms with Gasteiger partial charge in [-0.15, -0.1) is 0 Å². The first-order valence-electron chi connectivity index (χ1n) is 9.59. The fourth-order valence-electron chi connectivity index (χ4n) is 3.12. The van der Waals surface area contributed by atoms with Crippen LogP contribution in [0.15, 0.2) is 49.0 Å². The number of hydrogen-bond donors (Lipinski definition) is 2. The lowest BCUT2D eigenvalue weighted by atomic mass is 10.1. The van der Waals surface area contributed by atoms with Crippen LogP contribution in [0.3, 0.4) is 0 Å². The van der Waals surface area contributed by atoms with Gasteiger partial charge in [-0.1, -0.05) is 44.7 Å². The van der Waals surface area contributed by atoms with Crippen molar-refractivity contribution in [3.63, 3.8) is 0 Å². The van der Waals surface area contributed by atoms with E-state index in [9.17, 15) is 14.4 Å². The van der Waals surface area contributed by atoms with Crippen LogP contribution in [0.1, 0.15) is 41.8 Å². The number of fused-ring (bicyclic) bond motifs is 1. The van der Waals surface area contributed by atoms with Crippen molar-refractivity contribution >= 4 is 34.8 Å². The van der Waals surface area contributed by atoms with Crippen molar-refractivity contribution in [2.45, 2.75) is 27.2 Å². The van der Waals surface area contributed by atoms with Crippen LogP contribution >= 0.6 is 0 Å². The molecule has 2 N–H and O–H groups in total. The number of nitrogens with one attached hydrogen (secondary N) is 2. The highest BCUT2D eigenvalue weighted by molar-refractivity contribution is 6.09. The largest absolute Gasteiger partial charge is 0.326 e. The molecule has 2 aromatic carbocycles. The van der Waals surface area contributed by atoms with E-state index in [-0.39, 0.29) is 36.6 Å². The Morgan fingerprint density at radius 3 is 2.41 bits per heavy atom. The number of rotatable bonds is 6. The molecule has 0 saturated heterocycles. The molecule has 0 saturated carbocycles. The average Bonchev–Trinajstić information content (AvgIpc) is 2.93. The minimum Gasteiger partial charge on any atom is -0.326 e. The van der Waals surface area contributed by atoms with Crippen molar-refractivity contribution in [1.82, 2.24) is 4.90 Å². The number of carbonyl (C=O) groups is 3. The molecule has 2 aromatic rings. The van der Waals surface area contributed by atoms with Crippen LogP contribution < -0.4 is 10.6 Å². The summed E-state index contributed by atoms with van der Waals surface area (Å²) in [6, 6.07) is 12.7. The molecule has 1 heterocycles. The van der Waals surface area contributed by atoms with Crippen molar-refractivity contribution in [2.75, 3.05) is 17.2 Å². The molecule has 3 amide bonds. The molecule has 0 unspecified atom stereocenters. The van der Waals surface area contributed by atoms with Gasteiger partial charge in [-0.25, -0.2) is 0 Å². The highest BCUT2D eigenvalue weighted by Crippen LogP contribution is 2.31. The van der Waals surface area contributed by atoms with Crippen molar-refractivity contribution in [1.29, 1.82) is 0 Å². The maximum absolute atomic E-state index is 12.5. The van der Waals surface area contributed by atoms with E-state index in [1.807, 2.05) is 45.0 Å². The lowest BCUT2D eigenvalue weighted by Crippen LogP contribution is -2.27. The second-order valence-electron chi connectivity index (χ2n) is 7.42. The van der Waals surface area contributed by atoms with E-state index in [1.54, 1.807) is 18.2 Å². The van der Waals surface area contributed by atoms with E-state index in [0.717, 1.165) is 11.1 Å². The summed E-state index contributed by atoms with van der Waals surface area (Å²) in [5, 5.41) is 5.70. The summed E-state index contributed by atoms with van der Waals surface area (Å²) in [5.74, 6) is -0.564. The van der Waals surface area contributed by atoms with Crippen LogP contribution in [-0.2, 0) is 9.59 Å². The first-order chi connectivity index (χ1) is 13.8. The molecule has 6 nitrogen and oxygen atoms in total. The molecule has 0 aliphatic carbocycles. The zero-order valence-electron chi connectivity index (χ0n) is 16.9. The van der Waals surface area contributed by atoms with Gasteiger partial charge in [0.05, 0.1) is 0 Å². The van der Waals surface area contributed by atoms with Gasteiger partial charge in [-0.05, 0) is 30.7 Å². The topological polar surface area (TPSA) is 78.5 Å². The third kappa shape index (κ3) is 4.37. The highest BCUT2D eigenvalue weighted by Gasteiger charge is 2.30. The smallest absolute Gasteiger partial charge is 0.258 e. The first-order valence-corrected chi connectivity index (χ1v) is 9.59. The second kappa shape index (κ2) is 8.31. The summed E-state index contributed by atoms with van der Waals surface area (Å²) in [5.41, 5.74) is 4.18. The SMILES string of the molecule is C=C1c2ccccc2C(=O)N1CCC(=O)Nc1cc(NC(=O)C(C)C)ccc1C. The van der Waals surface area contributed by atoms with Crippen molar-refractivity contribution in [3.05, 3.63) is 65.7 Å². The molecule has 1 aliphatic rings. The van der Waals surface area contributed by atoms with E-state index in [2.05, 4.69) is 17.2 Å². The summed E-state index contributed by atoms with van der Waals surface area (Å²) >= 11 is 0. The molecular formula is C23H25N3O3. The van der Waals surface area contributed by atoms with Crippen LogP contribution in [-0.4, -0.2) is 29.2 Å². The van der Waals surface area contributed by atoms with E-state index in [4.69, 9.17) is 0 Å². The predicted molar refractivity (Wildman–Crippen MR) is 114 cm³/mol. The van der Waals surface area contributed by atoms with Gasteiger partial charge in [0.25, 0.3) is 5.91 Å². The molecule has 0 aromatic heterocycles. The number of benzene rings is 2. The third-order valence-corrected chi connectivity index (χ3v) is 4.91. The van der Waals surface area contributed by atoms with Gasteiger partial charge in [0.2, 0.25) is 11.8 Å². The number of anilines is 2.